The van der Waals surface area contributed by atoms with E-state index < -0.39 is 5.97 Å². The third kappa shape index (κ3) is 3.97. The number of carboxylic acids is 1. The number of carbonyl (C=O) groups excluding carboxylic acids is 1. The second kappa shape index (κ2) is 7.09. The van der Waals surface area contributed by atoms with Crippen molar-refractivity contribution >= 4 is 11.9 Å². The molecule has 0 aromatic heterocycles. The molecule has 20 heavy (non-hydrogen) atoms. The van der Waals surface area contributed by atoms with Crippen LogP contribution in [0.2, 0.25) is 0 Å². The van der Waals surface area contributed by atoms with Crippen LogP contribution in [0.3, 0.4) is 0 Å². The third-order valence-corrected chi connectivity index (χ3v) is 4.89. The summed E-state index contributed by atoms with van der Waals surface area (Å²) >= 11 is 0. The molecule has 0 atom stereocenters. The largest absolute Gasteiger partial charge is 0.481 e. The van der Waals surface area contributed by atoms with E-state index in [9.17, 15) is 9.59 Å². The average molecular weight is 282 g/mol. The second-order valence-corrected chi connectivity index (χ2v) is 6.33. The van der Waals surface area contributed by atoms with Crippen LogP contribution >= 0.6 is 0 Å². The molecule has 0 aromatic carbocycles. The molecule has 2 aliphatic rings. The van der Waals surface area contributed by atoms with Crippen molar-refractivity contribution in [1.29, 1.82) is 0 Å². The van der Waals surface area contributed by atoms with Crippen molar-refractivity contribution in [3.05, 3.63) is 0 Å². The molecule has 4 heteroatoms. The van der Waals surface area contributed by atoms with Crippen LogP contribution in [-0.4, -0.2) is 22.6 Å². The molecule has 0 saturated heterocycles. The van der Waals surface area contributed by atoms with Crippen LogP contribution in [0.15, 0.2) is 0 Å². The van der Waals surface area contributed by atoms with Crippen molar-refractivity contribution in [2.24, 2.45) is 5.92 Å². The zero-order valence-electron chi connectivity index (χ0n) is 12.2. The maximum atomic E-state index is 12.0. The van der Waals surface area contributed by atoms with Gasteiger partial charge in [-0.15, -0.1) is 0 Å². The number of rotatable bonds is 7. The number of ether oxygens (including phenoxy) is 1. The van der Waals surface area contributed by atoms with E-state index in [2.05, 4.69) is 0 Å². The topological polar surface area (TPSA) is 63.6 Å². The molecule has 0 heterocycles. The van der Waals surface area contributed by atoms with E-state index in [1.165, 1.54) is 38.5 Å². The van der Waals surface area contributed by atoms with E-state index >= 15 is 0 Å². The normalized spacial score (nSPS) is 22.0. The fourth-order valence-corrected chi connectivity index (χ4v) is 3.84. The number of aliphatic carboxylic acids is 1. The van der Waals surface area contributed by atoms with Gasteiger partial charge in [-0.05, 0) is 57.3 Å². The van der Waals surface area contributed by atoms with Crippen molar-refractivity contribution in [3.63, 3.8) is 0 Å². The highest BCUT2D eigenvalue weighted by molar-refractivity contribution is 5.70. The summed E-state index contributed by atoms with van der Waals surface area (Å²) in [5.41, 5.74) is -0.180. The lowest BCUT2D eigenvalue weighted by atomic mass is 9.84. The molecule has 0 spiro atoms. The van der Waals surface area contributed by atoms with Gasteiger partial charge in [-0.25, -0.2) is 0 Å². The van der Waals surface area contributed by atoms with Crippen LogP contribution in [0.5, 0.6) is 0 Å². The zero-order chi connectivity index (χ0) is 14.4. The van der Waals surface area contributed by atoms with Crippen molar-refractivity contribution in [2.45, 2.75) is 82.7 Å². The number of carboxylic acid groups (broad SMARTS) is 1. The van der Waals surface area contributed by atoms with E-state index in [-0.39, 0.29) is 18.0 Å². The first-order chi connectivity index (χ1) is 9.62. The maximum absolute atomic E-state index is 12.0. The Bertz CT molecular complexity index is 338. The highest BCUT2D eigenvalue weighted by atomic mass is 16.6. The minimum atomic E-state index is -0.795. The van der Waals surface area contributed by atoms with E-state index in [0.29, 0.717) is 25.2 Å². The Kier molecular flexibility index (Phi) is 5.44. The van der Waals surface area contributed by atoms with E-state index in [1.807, 2.05) is 0 Å². The summed E-state index contributed by atoms with van der Waals surface area (Å²) in [6, 6.07) is 0. The van der Waals surface area contributed by atoms with Gasteiger partial charge in [0.2, 0.25) is 0 Å². The van der Waals surface area contributed by atoms with Gasteiger partial charge in [0.05, 0.1) is 0 Å². The molecule has 4 nitrogen and oxygen atoms in total. The molecule has 0 radical (unpaired) electrons. The molecule has 2 fully saturated rings. The Morgan fingerprint density at radius 1 is 1.00 bits per heavy atom. The van der Waals surface area contributed by atoms with Gasteiger partial charge in [-0.2, -0.15) is 0 Å². The summed E-state index contributed by atoms with van der Waals surface area (Å²) in [7, 11) is 0. The van der Waals surface area contributed by atoms with E-state index in [1.54, 1.807) is 0 Å². The SMILES string of the molecule is O=C(O)CCCCC(=O)OC1(C2CCCC2)CCCC1. The second-order valence-electron chi connectivity index (χ2n) is 6.33. The average Bonchev–Trinajstić information content (AvgIpc) is 3.05. The predicted octanol–water partition coefficient (Wildman–Crippen LogP) is 3.68. The summed E-state index contributed by atoms with van der Waals surface area (Å²) in [4.78, 5) is 22.5. The number of hydrogen-bond donors (Lipinski definition) is 1. The third-order valence-electron chi connectivity index (χ3n) is 4.89. The standard InChI is InChI=1S/C16H26O4/c17-14(18)9-3-4-10-15(19)20-16(11-5-6-12-16)13-7-1-2-8-13/h13H,1-12H2,(H,17,18). The summed E-state index contributed by atoms with van der Waals surface area (Å²) in [5.74, 6) is -0.353. The molecule has 1 N–H and O–H groups in total. The van der Waals surface area contributed by atoms with Crippen LogP contribution in [0.1, 0.15) is 77.0 Å². The lowest BCUT2D eigenvalue weighted by Crippen LogP contribution is -2.39. The summed E-state index contributed by atoms with van der Waals surface area (Å²) in [6.45, 7) is 0. The molecule has 0 unspecified atom stereocenters. The highest BCUT2D eigenvalue weighted by Crippen LogP contribution is 2.46. The first kappa shape index (κ1) is 15.3. The summed E-state index contributed by atoms with van der Waals surface area (Å²) in [5, 5.41) is 8.58. The molecule has 2 rings (SSSR count). The number of esters is 1. The summed E-state index contributed by atoms with van der Waals surface area (Å²) in [6.07, 6.45) is 11.0. The molecular weight excluding hydrogens is 256 g/mol. The van der Waals surface area contributed by atoms with Crippen LogP contribution in [-0.2, 0) is 14.3 Å². The van der Waals surface area contributed by atoms with Crippen LogP contribution < -0.4 is 0 Å². The predicted molar refractivity (Wildman–Crippen MR) is 75.4 cm³/mol. The first-order valence-corrected chi connectivity index (χ1v) is 8.06. The quantitative estimate of drug-likeness (QED) is 0.571. The van der Waals surface area contributed by atoms with Crippen molar-refractivity contribution in [3.8, 4) is 0 Å². The highest BCUT2D eigenvalue weighted by Gasteiger charge is 2.45. The van der Waals surface area contributed by atoms with Crippen LogP contribution in [0.4, 0.5) is 0 Å². The van der Waals surface area contributed by atoms with E-state index in [4.69, 9.17) is 9.84 Å². The fraction of sp³-hybridized carbons (Fsp3) is 0.875. The molecule has 0 aliphatic heterocycles. The number of carbonyl (C=O) groups is 2. The van der Waals surface area contributed by atoms with Gasteiger partial charge in [-0.1, -0.05) is 12.8 Å². The van der Waals surface area contributed by atoms with Crippen molar-refractivity contribution in [1.82, 2.24) is 0 Å². The number of hydrogen-bond acceptors (Lipinski definition) is 3. The van der Waals surface area contributed by atoms with Crippen molar-refractivity contribution in [2.75, 3.05) is 0 Å². The maximum Gasteiger partial charge on any atom is 0.306 e. The van der Waals surface area contributed by atoms with Crippen molar-refractivity contribution < 1.29 is 19.4 Å². The van der Waals surface area contributed by atoms with Gasteiger partial charge >= 0.3 is 11.9 Å². The zero-order valence-corrected chi connectivity index (χ0v) is 12.2. The lowest BCUT2D eigenvalue weighted by Gasteiger charge is -2.35. The Labute approximate surface area is 120 Å². The van der Waals surface area contributed by atoms with Gasteiger partial charge < -0.3 is 9.84 Å². The lowest BCUT2D eigenvalue weighted by molar-refractivity contribution is -0.166. The van der Waals surface area contributed by atoms with Crippen LogP contribution in [0.25, 0.3) is 0 Å². The molecule has 114 valence electrons. The molecule has 2 aliphatic carbocycles. The molecule has 2 saturated carbocycles. The van der Waals surface area contributed by atoms with Gasteiger partial charge in [0.1, 0.15) is 5.60 Å². The van der Waals surface area contributed by atoms with Gasteiger partial charge in [0.25, 0.3) is 0 Å². The number of unbranched alkanes of at least 4 members (excludes halogenated alkanes) is 1. The monoisotopic (exact) mass is 282 g/mol. The molecule has 0 amide bonds. The van der Waals surface area contributed by atoms with Crippen LogP contribution in [0, 0.1) is 5.92 Å². The minimum absolute atomic E-state index is 0.121. The molecule has 0 bridgehead atoms. The Morgan fingerprint density at radius 2 is 1.60 bits per heavy atom. The first-order valence-electron chi connectivity index (χ1n) is 8.06. The van der Waals surface area contributed by atoms with Gasteiger partial charge in [0.15, 0.2) is 0 Å². The van der Waals surface area contributed by atoms with Gasteiger partial charge in [0, 0.05) is 12.8 Å². The Morgan fingerprint density at radius 3 is 2.20 bits per heavy atom. The fourth-order valence-electron chi connectivity index (χ4n) is 3.84. The minimum Gasteiger partial charge on any atom is -0.481 e. The molecular formula is C16H26O4. The van der Waals surface area contributed by atoms with E-state index in [0.717, 1.165) is 12.8 Å². The van der Waals surface area contributed by atoms with Gasteiger partial charge in [-0.3, -0.25) is 9.59 Å². The summed E-state index contributed by atoms with van der Waals surface area (Å²) < 4.78 is 5.90. The Balaban J connectivity index is 1.79. The Hall–Kier alpha value is -1.06. The smallest absolute Gasteiger partial charge is 0.306 e. The molecule has 0 aromatic rings.